The molecule has 0 bridgehead atoms. The zero-order valence-electron chi connectivity index (χ0n) is 12.3. The number of halogens is 2. The van der Waals surface area contributed by atoms with E-state index in [-0.39, 0.29) is 17.9 Å². The van der Waals surface area contributed by atoms with E-state index in [0.717, 1.165) is 22.4 Å². The topological polar surface area (TPSA) is 71.4 Å². The van der Waals surface area contributed by atoms with Gasteiger partial charge < -0.3 is 10.5 Å². The highest BCUT2D eigenvalue weighted by molar-refractivity contribution is 6.34. The Morgan fingerprint density at radius 1 is 1.12 bits per heavy atom. The number of rotatable bonds is 1. The number of nitrogens with two attached hydrogens (primary N) is 1. The second kappa shape index (κ2) is 5.55. The first-order chi connectivity index (χ1) is 11.6. The Bertz CT molecular complexity index is 927. The lowest BCUT2D eigenvalue weighted by Gasteiger charge is -2.36. The van der Waals surface area contributed by atoms with Gasteiger partial charge in [0, 0.05) is 27.8 Å². The first-order valence-corrected chi connectivity index (χ1v) is 8.03. The summed E-state index contributed by atoms with van der Waals surface area (Å²) >= 11 is 12.3. The van der Waals surface area contributed by atoms with Crippen molar-refractivity contribution in [2.45, 2.75) is 12.0 Å². The third-order valence-electron chi connectivity index (χ3n) is 4.25. The fraction of sp³-hybridized carbons (Fsp3) is 0.111. The molecule has 0 fully saturated rings. The van der Waals surface area contributed by atoms with Crippen LogP contribution in [0.4, 0.5) is 0 Å². The highest BCUT2D eigenvalue weighted by Gasteiger charge is 2.40. The van der Waals surface area contributed by atoms with Crippen LogP contribution in [0, 0.1) is 11.3 Å². The maximum absolute atomic E-state index is 9.59. The molecule has 0 spiro atoms. The van der Waals surface area contributed by atoms with Crippen molar-refractivity contribution in [3.05, 3.63) is 80.3 Å². The lowest BCUT2D eigenvalue weighted by molar-refractivity contribution is 0.152. The van der Waals surface area contributed by atoms with Gasteiger partial charge in [-0.2, -0.15) is 5.26 Å². The molecular weight excluding hydrogens is 345 g/mol. The number of fused-ring (bicyclic) bond motifs is 3. The Hall–Kier alpha value is -2.48. The molecule has 2 atom stereocenters. The smallest absolute Gasteiger partial charge is 0.200 e. The van der Waals surface area contributed by atoms with E-state index in [0.29, 0.717) is 15.6 Å². The Morgan fingerprint density at radius 2 is 1.88 bits per heavy atom. The summed E-state index contributed by atoms with van der Waals surface area (Å²) in [7, 11) is 0. The lowest BCUT2D eigenvalue weighted by atomic mass is 9.77. The predicted molar refractivity (Wildman–Crippen MR) is 93.6 cm³/mol. The van der Waals surface area contributed by atoms with E-state index in [2.05, 4.69) is 11.1 Å². The summed E-state index contributed by atoms with van der Waals surface area (Å²) in [6.07, 6.45) is 7.11. The number of benzene rings is 1. The summed E-state index contributed by atoms with van der Waals surface area (Å²) in [6, 6.07) is 7.41. The minimum absolute atomic E-state index is 0.120. The van der Waals surface area contributed by atoms with Crippen LogP contribution in [0.3, 0.4) is 0 Å². The summed E-state index contributed by atoms with van der Waals surface area (Å²) < 4.78 is 5.83. The molecule has 24 heavy (non-hydrogen) atoms. The summed E-state index contributed by atoms with van der Waals surface area (Å²) in [5.74, 6) is -0.237. The van der Waals surface area contributed by atoms with Crippen molar-refractivity contribution in [2.75, 3.05) is 0 Å². The highest BCUT2D eigenvalue weighted by Crippen LogP contribution is 2.46. The summed E-state index contributed by atoms with van der Waals surface area (Å²) in [5.41, 5.74) is 9.90. The van der Waals surface area contributed by atoms with Gasteiger partial charge >= 0.3 is 0 Å². The van der Waals surface area contributed by atoms with Crippen LogP contribution in [-0.4, -0.2) is 12.3 Å². The molecule has 0 amide bonds. The molecule has 2 aliphatic heterocycles. The predicted octanol–water partition coefficient (Wildman–Crippen LogP) is 4.00. The van der Waals surface area contributed by atoms with Gasteiger partial charge in [-0.3, -0.25) is 4.99 Å². The second-order valence-corrected chi connectivity index (χ2v) is 6.52. The first kappa shape index (κ1) is 15.1. The van der Waals surface area contributed by atoms with Crippen molar-refractivity contribution in [3.63, 3.8) is 0 Å². The standard InChI is InChI=1S/C18H11Cl2N3O/c19-10-5-9(6-11(20)7-10)16-13-1-2-15-12(3-4-23-15)17(13)24-18(22)14(16)8-21/h1-7,16-17H,22H2. The lowest BCUT2D eigenvalue weighted by Crippen LogP contribution is -2.33. The molecule has 2 N–H and O–H groups in total. The summed E-state index contributed by atoms with van der Waals surface area (Å²) in [5, 5.41) is 10.6. The van der Waals surface area contributed by atoms with Crippen LogP contribution >= 0.6 is 23.2 Å². The fourth-order valence-electron chi connectivity index (χ4n) is 3.26. The van der Waals surface area contributed by atoms with Gasteiger partial charge in [-0.25, -0.2) is 0 Å². The molecule has 1 aromatic rings. The zero-order chi connectivity index (χ0) is 16.8. The van der Waals surface area contributed by atoms with Crippen LogP contribution in [0.15, 0.2) is 69.7 Å². The minimum Gasteiger partial charge on any atom is -0.466 e. The van der Waals surface area contributed by atoms with Gasteiger partial charge in [-0.15, -0.1) is 0 Å². The molecule has 0 radical (unpaired) electrons. The fourth-order valence-corrected chi connectivity index (χ4v) is 3.80. The van der Waals surface area contributed by atoms with Crippen molar-refractivity contribution in [1.82, 2.24) is 0 Å². The largest absolute Gasteiger partial charge is 0.466 e. The minimum atomic E-state index is -0.368. The van der Waals surface area contributed by atoms with Crippen LogP contribution in [0.1, 0.15) is 11.5 Å². The Balaban J connectivity index is 1.92. The van der Waals surface area contributed by atoms with Crippen molar-refractivity contribution in [2.24, 2.45) is 10.7 Å². The van der Waals surface area contributed by atoms with E-state index in [1.165, 1.54) is 0 Å². The van der Waals surface area contributed by atoms with E-state index in [1.807, 2.05) is 18.2 Å². The monoisotopic (exact) mass is 355 g/mol. The van der Waals surface area contributed by atoms with E-state index in [9.17, 15) is 5.26 Å². The molecule has 2 unspecified atom stereocenters. The van der Waals surface area contributed by atoms with Crippen molar-refractivity contribution < 1.29 is 4.74 Å². The molecule has 1 aromatic carbocycles. The number of nitriles is 1. The van der Waals surface area contributed by atoms with Crippen molar-refractivity contribution in [3.8, 4) is 6.07 Å². The molecule has 2 heterocycles. The van der Waals surface area contributed by atoms with Crippen LogP contribution in [0.25, 0.3) is 0 Å². The third kappa shape index (κ3) is 2.25. The summed E-state index contributed by atoms with van der Waals surface area (Å²) in [6.45, 7) is 0. The van der Waals surface area contributed by atoms with Gasteiger partial charge in [0.25, 0.3) is 0 Å². The van der Waals surface area contributed by atoms with E-state index >= 15 is 0 Å². The van der Waals surface area contributed by atoms with Gasteiger partial charge in [-0.05, 0) is 41.5 Å². The number of hydrogen-bond donors (Lipinski definition) is 1. The van der Waals surface area contributed by atoms with E-state index < -0.39 is 0 Å². The molecule has 4 nitrogen and oxygen atoms in total. The van der Waals surface area contributed by atoms with Gasteiger partial charge in [0.1, 0.15) is 17.7 Å². The van der Waals surface area contributed by atoms with Gasteiger partial charge in [0.2, 0.25) is 0 Å². The summed E-state index contributed by atoms with van der Waals surface area (Å²) in [4.78, 5) is 4.29. The number of hydrogen-bond acceptors (Lipinski definition) is 4. The molecule has 6 heteroatoms. The molecular formula is C18H11Cl2N3O. The van der Waals surface area contributed by atoms with Crippen molar-refractivity contribution >= 4 is 29.4 Å². The quantitative estimate of drug-likeness (QED) is 0.827. The molecule has 0 saturated carbocycles. The molecule has 0 saturated heterocycles. The SMILES string of the molecule is N#CC1=C(N)OC2C3=CC=NC3=CC=C2C1c1cc(Cl)cc(Cl)c1. The third-order valence-corrected chi connectivity index (χ3v) is 4.69. The maximum Gasteiger partial charge on any atom is 0.200 e. The van der Waals surface area contributed by atoms with Crippen molar-refractivity contribution in [1.29, 1.82) is 5.26 Å². The van der Waals surface area contributed by atoms with E-state index in [1.54, 1.807) is 24.4 Å². The van der Waals surface area contributed by atoms with Crippen LogP contribution < -0.4 is 5.73 Å². The molecule has 0 aromatic heterocycles. The number of nitrogens with zero attached hydrogens (tertiary/aromatic N) is 2. The molecule has 1 aliphatic carbocycles. The van der Waals surface area contributed by atoms with Crippen LogP contribution in [-0.2, 0) is 4.74 Å². The van der Waals surface area contributed by atoms with Crippen LogP contribution in [0.2, 0.25) is 10.0 Å². The molecule has 4 rings (SSSR count). The Labute approximate surface area is 148 Å². The highest BCUT2D eigenvalue weighted by atomic mass is 35.5. The number of aliphatic imine (C=N–C) groups is 1. The second-order valence-electron chi connectivity index (χ2n) is 5.64. The first-order valence-electron chi connectivity index (χ1n) is 7.27. The normalized spacial score (nSPS) is 24.3. The zero-order valence-corrected chi connectivity index (χ0v) is 13.8. The molecule has 3 aliphatic rings. The number of allylic oxidation sites excluding steroid dienone is 4. The maximum atomic E-state index is 9.59. The van der Waals surface area contributed by atoms with Gasteiger partial charge in [0.15, 0.2) is 5.88 Å². The Kier molecular flexibility index (Phi) is 3.49. The van der Waals surface area contributed by atoms with Crippen LogP contribution in [0.5, 0.6) is 0 Å². The molecule has 118 valence electrons. The Morgan fingerprint density at radius 3 is 2.58 bits per heavy atom. The van der Waals surface area contributed by atoms with Gasteiger partial charge in [0.05, 0.1) is 5.70 Å². The number of ether oxygens (including phenoxy) is 1. The average molecular weight is 356 g/mol. The average Bonchev–Trinajstić information content (AvgIpc) is 3.01. The van der Waals surface area contributed by atoms with E-state index in [4.69, 9.17) is 33.7 Å². The van der Waals surface area contributed by atoms with Gasteiger partial charge in [-0.1, -0.05) is 29.3 Å².